The van der Waals surface area contributed by atoms with Crippen molar-refractivity contribution in [3.63, 3.8) is 0 Å². The Labute approximate surface area is 181 Å². The fourth-order valence-electron chi connectivity index (χ4n) is 2.05. The summed E-state index contributed by atoms with van der Waals surface area (Å²) in [5, 5.41) is 6.09. The molecule has 0 radical (unpaired) electrons. The van der Waals surface area contributed by atoms with E-state index >= 15 is 0 Å². The van der Waals surface area contributed by atoms with Gasteiger partial charge in [-0.2, -0.15) is 13.2 Å². The Bertz CT molecular complexity index is 815. The van der Waals surface area contributed by atoms with Gasteiger partial charge in [-0.3, -0.25) is 0 Å². The first kappa shape index (κ1) is 26.5. The zero-order valence-electron chi connectivity index (χ0n) is 15.9. The van der Waals surface area contributed by atoms with Gasteiger partial charge < -0.3 is 10.6 Å². The van der Waals surface area contributed by atoms with Crippen molar-refractivity contribution in [3.05, 3.63) is 35.4 Å². The Morgan fingerprint density at radius 3 is 2.57 bits per heavy atom. The number of hydrogen-bond donors (Lipinski definition) is 2. The van der Waals surface area contributed by atoms with E-state index in [2.05, 4.69) is 27.5 Å². The predicted octanol–water partition coefficient (Wildman–Crippen LogP) is 3.05. The first-order chi connectivity index (χ1) is 12.5. The minimum absolute atomic E-state index is 0. The zero-order valence-corrected chi connectivity index (χ0v) is 19.1. The maximum absolute atomic E-state index is 12.7. The molecule has 0 aliphatic heterocycles. The lowest BCUT2D eigenvalue weighted by atomic mass is 10.1. The van der Waals surface area contributed by atoms with Crippen LogP contribution >= 0.6 is 24.0 Å². The minimum atomic E-state index is -4.40. The van der Waals surface area contributed by atoms with Crippen LogP contribution in [-0.2, 0) is 16.0 Å². The highest BCUT2D eigenvalue weighted by molar-refractivity contribution is 14.0. The van der Waals surface area contributed by atoms with Gasteiger partial charge in [-0.1, -0.05) is 17.9 Å². The maximum Gasteiger partial charge on any atom is 0.416 e. The maximum atomic E-state index is 12.7. The summed E-state index contributed by atoms with van der Waals surface area (Å²) < 4.78 is 60.5. The molecule has 0 saturated heterocycles. The monoisotopic (exact) mass is 531 g/mol. The molecule has 0 saturated carbocycles. The third kappa shape index (κ3) is 11.4. The molecule has 0 heterocycles. The molecule has 0 aromatic heterocycles. The fourth-order valence-corrected chi connectivity index (χ4v) is 2.83. The molecule has 10 heteroatoms. The second kappa shape index (κ2) is 12.2. The number of benzene rings is 1. The number of sulfone groups is 1. The van der Waals surface area contributed by atoms with Crippen LogP contribution in [0.15, 0.2) is 29.3 Å². The summed E-state index contributed by atoms with van der Waals surface area (Å²) in [5.41, 5.74) is -0.480. The molecule has 158 valence electrons. The highest BCUT2D eigenvalue weighted by Crippen LogP contribution is 2.29. The molecule has 1 aromatic rings. The molecular formula is C18H25F3IN3O2S. The lowest BCUT2D eigenvalue weighted by molar-refractivity contribution is -0.137. The van der Waals surface area contributed by atoms with Crippen molar-refractivity contribution in [1.82, 2.24) is 10.6 Å². The van der Waals surface area contributed by atoms with Gasteiger partial charge in [-0.15, -0.1) is 24.0 Å². The van der Waals surface area contributed by atoms with E-state index in [-0.39, 0.29) is 47.9 Å². The molecule has 0 spiro atoms. The number of nitrogens with one attached hydrogen (secondary N) is 2. The third-order valence-corrected chi connectivity index (χ3v) is 4.37. The minimum Gasteiger partial charge on any atom is -0.357 e. The van der Waals surface area contributed by atoms with Crippen LogP contribution < -0.4 is 10.6 Å². The molecule has 28 heavy (non-hydrogen) atoms. The van der Waals surface area contributed by atoms with Gasteiger partial charge in [0.15, 0.2) is 5.96 Å². The largest absolute Gasteiger partial charge is 0.416 e. The van der Waals surface area contributed by atoms with Crippen LogP contribution in [0.3, 0.4) is 0 Å². The second-order valence-corrected chi connectivity index (χ2v) is 8.30. The van der Waals surface area contributed by atoms with Crippen LogP contribution in [0.2, 0.25) is 0 Å². The Kier molecular flexibility index (Phi) is 11.5. The summed E-state index contributed by atoms with van der Waals surface area (Å²) in [6.45, 7) is 4.41. The quantitative estimate of drug-likeness (QED) is 0.256. The molecule has 1 unspecified atom stereocenters. The fraction of sp³-hybridized carbons (Fsp3) is 0.500. The lowest BCUT2D eigenvalue weighted by Gasteiger charge is -2.17. The summed E-state index contributed by atoms with van der Waals surface area (Å²) in [5.74, 6) is 5.91. The first-order valence-electron chi connectivity index (χ1n) is 8.40. The van der Waals surface area contributed by atoms with Gasteiger partial charge in [0.05, 0.1) is 11.3 Å². The standard InChI is InChI=1S/C18H24F3N3O2S.HI/c1-4-22-17(24-14(2)10-12-27(3,25)26)23-11-6-8-15-7-5-9-16(13-15)18(19,20)21;/h5,7,9,13-14H,4,10-12H2,1-3H3,(H2,22,23,24);1H. The van der Waals surface area contributed by atoms with Gasteiger partial charge in [0.1, 0.15) is 16.4 Å². The number of halogens is 4. The smallest absolute Gasteiger partial charge is 0.357 e. The Morgan fingerprint density at radius 2 is 2.00 bits per heavy atom. The molecule has 0 aliphatic carbocycles. The average Bonchev–Trinajstić information content (AvgIpc) is 2.56. The summed E-state index contributed by atoms with van der Waals surface area (Å²) in [7, 11) is -3.04. The van der Waals surface area contributed by atoms with Crippen molar-refractivity contribution < 1.29 is 21.6 Å². The van der Waals surface area contributed by atoms with Crippen molar-refractivity contribution in [3.8, 4) is 11.8 Å². The van der Waals surface area contributed by atoms with Crippen LogP contribution in [-0.4, -0.2) is 45.5 Å². The van der Waals surface area contributed by atoms with Gasteiger partial charge in [-0.25, -0.2) is 13.4 Å². The van der Waals surface area contributed by atoms with Gasteiger partial charge in [0.25, 0.3) is 0 Å². The lowest BCUT2D eigenvalue weighted by Crippen LogP contribution is -2.42. The number of alkyl halides is 3. The van der Waals surface area contributed by atoms with Gasteiger partial charge in [-0.05, 0) is 38.5 Å². The Morgan fingerprint density at radius 1 is 1.32 bits per heavy atom. The van der Waals surface area contributed by atoms with Crippen molar-refractivity contribution in [2.75, 3.05) is 25.1 Å². The van der Waals surface area contributed by atoms with E-state index in [9.17, 15) is 21.6 Å². The van der Waals surface area contributed by atoms with Gasteiger partial charge >= 0.3 is 6.18 Å². The van der Waals surface area contributed by atoms with Gasteiger partial charge in [0.2, 0.25) is 0 Å². The van der Waals surface area contributed by atoms with Crippen molar-refractivity contribution in [2.45, 2.75) is 32.5 Å². The van der Waals surface area contributed by atoms with E-state index in [0.29, 0.717) is 18.9 Å². The average molecular weight is 531 g/mol. The molecule has 5 nitrogen and oxygen atoms in total. The van der Waals surface area contributed by atoms with E-state index in [0.717, 1.165) is 12.1 Å². The molecule has 0 amide bonds. The van der Waals surface area contributed by atoms with Crippen LogP contribution in [0.5, 0.6) is 0 Å². The third-order valence-electron chi connectivity index (χ3n) is 3.39. The number of rotatable bonds is 6. The van der Waals surface area contributed by atoms with E-state index in [1.807, 2.05) is 13.8 Å². The number of guanidine groups is 1. The molecule has 0 aliphatic rings. The van der Waals surface area contributed by atoms with Crippen molar-refractivity contribution >= 4 is 39.8 Å². The van der Waals surface area contributed by atoms with Crippen LogP contribution in [0, 0.1) is 11.8 Å². The summed E-state index contributed by atoms with van der Waals surface area (Å²) in [6.07, 6.45) is -2.79. The molecular weight excluding hydrogens is 506 g/mol. The predicted molar refractivity (Wildman–Crippen MR) is 117 cm³/mol. The zero-order chi connectivity index (χ0) is 20.5. The van der Waals surface area contributed by atoms with E-state index < -0.39 is 21.6 Å². The highest BCUT2D eigenvalue weighted by Gasteiger charge is 2.30. The second-order valence-electron chi connectivity index (χ2n) is 6.04. The molecule has 2 N–H and O–H groups in total. The van der Waals surface area contributed by atoms with E-state index in [4.69, 9.17) is 0 Å². The summed E-state index contributed by atoms with van der Waals surface area (Å²) >= 11 is 0. The number of nitrogens with zero attached hydrogens (tertiary/aromatic N) is 1. The van der Waals surface area contributed by atoms with Crippen molar-refractivity contribution in [1.29, 1.82) is 0 Å². The topological polar surface area (TPSA) is 70.6 Å². The SMILES string of the molecule is CCNC(=NCC#Cc1cccc(C(F)(F)F)c1)NC(C)CCS(C)(=O)=O.I. The Balaban J connectivity index is 0.00000729. The number of aliphatic imine (C=N–C) groups is 1. The number of hydrogen-bond acceptors (Lipinski definition) is 3. The summed E-state index contributed by atoms with van der Waals surface area (Å²) in [4.78, 5) is 4.23. The highest BCUT2D eigenvalue weighted by atomic mass is 127. The normalized spacial score (nSPS) is 13.0. The Hall–Kier alpha value is -1.48. The van der Waals surface area contributed by atoms with E-state index in [1.165, 1.54) is 18.4 Å². The van der Waals surface area contributed by atoms with Crippen LogP contribution in [0.25, 0.3) is 0 Å². The molecule has 0 fully saturated rings. The first-order valence-corrected chi connectivity index (χ1v) is 10.5. The van der Waals surface area contributed by atoms with Crippen LogP contribution in [0.4, 0.5) is 13.2 Å². The van der Waals surface area contributed by atoms with E-state index in [1.54, 1.807) is 0 Å². The van der Waals surface area contributed by atoms with Crippen molar-refractivity contribution in [2.24, 2.45) is 4.99 Å². The summed E-state index contributed by atoms with van der Waals surface area (Å²) in [6, 6.07) is 4.68. The van der Waals surface area contributed by atoms with Crippen LogP contribution in [0.1, 0.15) is 31.4 Å². The molecule has 1 rings (SSSR count). The molecule has 1 aromatic carbocycles. The van der Waals surface area contributed by atoms with Gasteiger partial charge in [0, 0.05) is 24.4 Å². The molecule has 1 atom stereocenters. The molecule has 0 bridgehead atoms.